The van der Waals surface area contributed by atoms with Gasteiger partial charge >= 0.3 is 0 Å². The minimum Gasteiger partial charge on any atom is -0.383 e. The van der Waals surface area contributed by atoms with Crippen LogP contribution in [-0.4, -0.2) is 53.7 Å². The summed E-state index contributed by atoms with van der Waals surface area (Å²) in [6, 6.07) is 14.6. The molecular weight excluding hydrogens is 446 g/mol. The van der Waals surface area contributed by atoms with Crippen molar-refractivity contribution >= 4 is 63.0 Å². The van der Waals surface area contributed by atoms with Gasteiger partial charge in [0.05, 0.1) is 29.3 Å². The lowest BCUT2D eigenvalue weighted by atomic mass is 10.1. The molecule has 164 valence electrons. The molecule has 9 heteroatoms. The Morgan fingerprint density at radius 2 is 1.88 bits per heavy atom. The second kappa shape index (κ2) is 9.23. The van der Waals surface area contributed by atoms with Gasteiger partial charge in [0, 0.05) is 18.4 Å². The molecule has 2 aliphatic heterocycles. The van der Waals surface area contributed by atoms with Crippen molar-refractivity contribution < 1.29 is 19.1 Å². The molecule has 4 rings (SSSR count). The van der Waals surface area contributed by atoms with Crippen LogP contribution in [-0.2, 0) is 19.1 Å². The molecule has 1 fully saturated rings. The molecule has 1 N–H and O–H groups in total. The van der Waals surface area contributed by atoms with Gasteiger partial charge in [-0.2, -0.15) is 0 Å². The number of nitrogens with zero attached hydrogens (tertiary/aromatic N) is 2. The number of hydrogen-bond donors (Lipinski definition) is 1. The number of carbonyl (C=O) groups is 3. The van der Waals surface area contributed by atoms with E-state index in [1.807, 2.05) is 25.1 Å². The molecule has 0 aromatic heterocycles. The maximum absolute atomic E-state index is 13.4. The van der Waals surface area contributed by atoms with Crippen LogP contribution in [0, 0.1) is 6.92 Å². The lowest BCUT2D eigenvalue weighted by Gasteiger charge is -2.17. The minimum atomic E-state index is -0.391. The van der Waals surface area contributed by atoms with Gasteiger partial charge in [0.1, 0.15) is 10.9 Å². The van der Waals surface area contributed by atoms with Gasteiger partial charge in [0.25, 0.3) is 11.8 Å². The molecular formula is C23H21N3O4S2. The van der Waals surface area contributed by atoms with Crippen LogP contribution >= 0.6 is 24.0 Å². The molecule has 32 heavy (non-hydrogen) atoms. The van der Waals surface area contributed by atoms with Gasteiger partial charge in [-0.25, -0.2) is 0 Å². The number of thiocarbonyl (C=S) groups is 1. The van der Waals surface area contributed by atoms with Crippen LogP contribution in [0.2, 0.25) is 0 Å². The van der Waals surface area contributed by atoms with Gasteiger partial charge in [-0.15, -0.1) is 0 Å². The molecule has 3 amide bonds. The third-order valence-electron chi connectivity index (χ3n) is 5.12. The molecule has 2 heterocycles. The van der Waals surface area contributed by atoms with Crippen LogP contribution in [0.5, 0.6) is 0 Å². The van der Waals surface area contributed by atoms with E-state index >= 15 is 0 Å². The molecule has 0 radical (unpaired) electrons. The number of nitrogens with one attached hydrogen (secondary N) is 1. The molecule has 0 unspecified atom stereocenters. The SMILES string of the molecule is COCCN1C(=O)/C(=C2/C(=O)N(CC(=O)Nc3cccc(C)c3)c3ccccc32)SC1=S. The minimum absolute atomic E-state index is 0.169. The highest BCUT2D eigenvalue weighted by Crippen LogP contribution is 2.44. The zero-order chi connectivity index (χ0) is 22.8. The van der Waals surface area contributed by atoms with Crippen LogP contribution < -0.4 is 10.2 Å². The average Bonchev–Trinajstić information content (AvgIpc) is 3.19. The number of thioether (sulfide) groups is 1. The maximum atomic E-state index is 13.4. The topological polar surface area (TPSA) is 79.0 Å². The number of anilines is 2. The molecule has 1 saturated heterocycles. The fourth-order valence-electron chi connectivity index (χ4n) is 3.65. The van der Waals surface area contributed by atoms with E-state index in [1.165, 1.54) is 9.80 Å². The highest BCUT2D eigenvalue weighted by atomic mass is 32.2. The monoisotopic (exact) mass is 467 g/mol. The zero-order valence-electron chi connectivity index (χ0n) is 17.6. The van der Waals surface area contributed by atoms with Crippen molar-refractivity contribution in [1.29, 1.82) is 0 Å². The van der Waals surface area contributed by atoms with Crippen molar-refractivity contribution in [3.63, 3.8) is 0 Å². The highest BCUT2D eigenvalue weighted by molar-refractivity contribution is 8.26. The maximum Gasteiger partial charge on any atom is 0.267 e. The van der Waals surface area contributed by atoms with E-state index in [0.29, 0.717) is 34.4 Å². The Morgan fingerprint density at radius 3 is 2.62 bits per heavy atom. The van der Waals surface area contributed by atoms with E-state index in [0.717, 1.165) is 17.3 Å². The van der Waals surface area contributed by atoms with Gasteiger partial charge < -0.3 is 10.1 Å². The summed E-state index contributed by atoms with van der Waals surface area (Å²) in [5, 5.41) is 2.83. The lowest BCUT2D eigenvalue weighted by Crippen LogP contribution is -2.35. The van der Waals surface area contributed by atoms with Crippen molar-refractivity contribution in [3.8, 4) is 0 Å². The summed E-state index contributed by atoms with van der Waals surface area (Å²) in [6.45, 7) is 2.42. The molecule has 2 aliphatic rings. The van der Waals surface area contributed by atoms with Crippen LogP contribution in [0.4, 0.5) is 11.4 Å². The van der Waals surface area contributed by atoms with Crippen LogP contribution in [0.3, 0.4) is 0 Å². The number of amides is 3. The number of fused-ring (bicyclic) bond motifs is 1. The fraction of sp³-hybridized carbons (Fsp3) is 0.217. The first-order valence-corrected chi connectivity index (χ1v) is 11.2. The molecule has 7 nitrogen and oxygen atoms in total. The standard InChI is InChI=1S/C23H21N3O4S2/c1-14-6-5-7-15(12-14)24-18(27)13-26-17-9-4-3-8-16(17)19(21(26)28)20-22(29)25(10-11-30-2)23(31)32-20/h3-9,12H,10-11,13H2,1-2H3,(H,24,27)/b20-19-. The van der Waals surface area contributed by atoms with Gasteiger partial charge in [0.15, 0.2) is 0 Å². The summed E-state index contributed by atoms with van der Waals surface area (Å²) >= 11 is 6.46. The molecule has 0 aliphatic carbocycles. The molecule has 0 saturated carbocycles. The highest BCUT2D eigenvalue weighted by Gasteiger charge is 2.42. The van der Waals surface area contributed by atoms with Gasteiger partial charge in [0.2, 0.25) is 5.91 Å². The number of rotatable bonds is 6. The molecule has 0 atom stereocenters. The second-order valence-electron chi connectivity index (χ2n) is 7.35. The van der Waals surface area contributed by atoms with E-state index in [-0.39, 0.29) is 28.8 Å². The van der Waals surface area contributed by atoms with E-state index in [4.69, 9.17) is 17.0 Å². The number of benzene rings is 2. The van der Waals surface area contributed by atoms with E-state index in [1.54, 1.807) is 37.4 Å². The Kier molecular flexibility index (Phi) is 6.40. The van der Waals surface area contributed by atoms with Crippen LogP contribution in [0.25, 0.3) is 5.57 Å². The molecule has 0 bridgehead atoms. The molecule has 2 aromatic carbocycles. The number of para-hydroxylation sites is 1. The molecule has 0 spiro atoms. The van der Waals surface area contributed by atoms with E-state index < -0.39 is 5.91 Å². The van der Waals surface area contributed by atoms with Crippen molar-refractivity contribution in [2.24, 2.45) is 0 Å². The first kappa shape index (κ1) is 22.2. The van der Waals surface area contributed by atoms with Crippen molar-refractivity contribution in [1.82, 2.24) is 4.90 Å². The first-order valence-electron chi connectivity index (χ1n) is 9.95. The molecule has 2 aromatic rings. The fourth-order valence-corrected chi connectivity index (χ4v) is 5.03. The Balaban J connectivity index is 1.63. The average molecular weight is 468 g/mol. The Bertz CT molecular complexity index is 1160. The Morgan fingerprint density at radius 1 is 1.09 bits per heavy atom. The third kappa shape index (κ3) is 4.19. The normalized spacial score (nSPS) is 17.9. The third-order valence-corrected chi connectivity index (χ3v) is 6.57. The zero-order valence-corrected chi connectivity index (χ0v) is 19.2. The largest absolute Gasteiger partial charge is 0.383 e. The second-order valence-corrected chi connectivity index (χ2v) is 8.99. The summed E-state index contributed by atoms with van der Waals surface area (Å²) < 4.78 is 5.44. The Labute approximate surface area is 195 Å². The first-order chi connectivity index (χ1) is 15.4. The van der Waals surface area contributed by atoms with Gasteiger partial charge in [-0.1, -0.05) is 54.3 Å². The van der Waals surface area contributed by atoms with Crippen LogP contribution in [0.1, 0.15) is 11.1 Å². The summed E-state index contributed by atoms with van der Waals surface area (Å²) in [4.78, 5) is 42.3. The summed E-state index contributed by atoms with van der Waals surface area (Å²) in [6.07, 6.45) is 0. The van der Waals surface area contributed by atoms with Gasteiger partial charge in [-0.3, -0.25) is 24.2 Å². The predicted molar refractivity (Wildman–Crippen MR) is 129 cm³/mol. The van der Waals surface area contributed by atoms with Gasteiger partial charge in [-0.05, 0) is 30.7 Å². The van der Waals surface area contributed by atoms with Crippen LogP contribution in [0.15, 0.2) is 53.4 Å². The van der Waals surface area contributed by atoms with Crippen molar-refractivity contribution in [2.45, 2.75) is 6.92 Å². The van der Waals surface area contributed by atoms with Crippen molar-refractivity contribution in [3.05, 3.63) is 64.6 Å². The number of ether oxygens (including phenoxy) is 1. The lowest BCUT2D eigenvalue weighted by molar-refractivity contribution is -0.122. The van der Waals surface area contributed by atoms with E-state index in [9.17, 15) is 14.4 Å². The number of aryl methyl sites for hydroxylation is 1. The predicted octanol–water partition coefficient (Wildman–Crippen LogP) is 3.20. The Hall–Kier alpha value is -3.01. The number of methoxy groups -OCH3 is 1. The summed E-state index contributed by atoms with van der Waals surface area (Å²) in [5.41, 5.74) is 3.17. The summed E-state index contributed by atoms with van der Waals surface area (Å²) in [7, 11) is 1.55. The number of hydrogen-bond acceptors (Lipinski definition) is 6. The van der Waals surface area contributed by atoms with E-state index in [2.05, 4.69) is 5.32 Å². The smallest absolute Gasteiger partial charge is 0.267 e. The quantitative estimate of drug-likeness (QED) is 0.519. The van der Waals surface area contributed by atoms with Crippen molar-refractivity contribution in [2.75, 3.05) is 37.0 Å². The summed E-state index contributed by atoms with van der Waals surface area (Å²) in [5.74, 6) is -1.04. The number of carbonyl (C=O) groups excluding carboxylic acids is 3.